The van der Waals surface area contributed by atoms with Crippen LogP contribution in [0.5, 0.6) is 0 Å². The largest absolute Gasteiger partial charge is 0.326 e. The molecule has 6 heteroatoms. The van der Waals surface area contributed by atoms with Gasteiger partial charge in [-0.2, -0.15) is 0 Å². The van der Waals surface area contributed by atoms with Crippen molar-refractivity contribution in [1.29, 1.82) is 0 Å². The lowest BCUT2D eigenvalue weighted by Crippen LogP contribution is -2.30. The fourth-order valence-corrected chi connectivity index (χ4v) is 2.89. The molecule has 3 N–H and O–H groups in total. The van der Waals surface area contributed by atoms with E-state index in [2.05, 4.69) is 5.32 Å². The highest BCUT2D eigenvalue weighted by molar-refractivity contribution is 5.18. The van der Waals surface area contributed by atoms with Gasteiger partial charge in [-0.25, -0.2) is 17.6 Å². The average molecular weight is 368 g/mol. The maximum atomic E-state index is 12.9. The van der Waals surface area contributed by atoms with Crippen LogP contribution in [-0.4, -0.2) is 6.04 Å². The first-order chi connectivity index (χ1) is 12.5. The van der Waals surface area contributed by atoms with Crippen LogP contribution < -0.4 is 11.1 Å². The molecule has 2 aromatic carbocycles. The molecule has 26 heavy (non-hydrogen) atoms. The quantitative estimate of drug-likeness (QED) is 0.760. The van der Waals surface area contributed by atoms with Crippen LogP contribution in [0.2, 0.25) is 0 Å². The zero-order chi connectivity index (χ0) is 18.9. The van der Waals surface area contributed by atoms with E-state index in [1.807, 2.05) is 0 Å². The molecule has 2 nitrogen and oxygen atoms in total. The monoisotopic (exact) mass is 368 g/mol. The molecular weight excluding hydrogens is 344 g/mol. The van der Waals surface area contributed by atoms with Gasteiger partial charge in [-0.15, -0.1) is 0 Å². The van der Waals surface area contributed by atoms with E-state index < -0.39 is 23.3 Å². The third-order valence-corrected chi connectivity index (χ3v) is 4.40. The molecule has 0 aromatic heterocycles. The maximum absolute atomic E-state index is 12.9. The average Bonchev–Trinajstić information content (AvgIpc) is 2.66. The second kappa shape index (κ2) is 10.3. The summed E-state index contributed by atoms with van der Waals surface area (Å²) in [6.07, 6.45) is 6.27. The van der Waals surface area contributed by atoms with Gasteiger partial charge in [0.05, 0.1) is 0 Å². The topological polar surface area (TPSA) is 38.0 Å². The number of nitrogens with two attached hydrogens (primary N) is 1. The van der Waals surface area contributed by atoms with Gasteiger partial charge in [-0.1, -0.05) is 31.4 Å². The van der Waals surface area contributed by atoms with Crippen molar-refractivity contribution in [2.45, 2.75) is 51.2 Å². The molecule has 0 bridgehead atoms. The smallest absolute Gasteiger partial charge is 0.159 e. The number of benzene rings is 2. The maximum Gasteiger partial charge on any atom is 0.159 e. The van der Waals surface area contributed by atoms with E-state index in [9.17, 15) is 17.6 Å². The molecule has 142 valence electrons. The second-order valence-corrected chi connectivity index (χ2v) is 6.42. The Bertz CT molecular complexity index is 700. The van der Waals surface area contributed by atoms with Crippen LogP contribution in [0, 0.1) is 23.3 Å². The first kappa shape index (κ1) is 20.4. The molecule has 0 atom stereocenters. The van der Waals surface area contributed by atoms with Gasteiger partial charge in [0, 0.05) is 19.1 Å². The van der Waals surface area contributed by atoms with Gasteiger partial charge in [-0.05, 0) is 48.2 Å². The van der Waals surface area contributed by atoms with Gasteiger partial charge >= 0.3 is 0 Å². The van der Waals surface area contributed by atoms with Crippen LogP contribution in [-0.2, 0) is 13.1 Å². The van der Waals surface area contributed by atoms with Crippen molar-refractivity contribution >= 4 is 0 Å². The molecule has 0 spiro atoms. The summed E-state index contributed by atoms with van der Waals surface area (Å²) in [6.45, 7) is 0.860. The fourth-order valence-electron chi connectivity index (χ4n) is 2.89. The molecule has 1 saturated carbocycles. The van der Waals surface area contributed by atoms with Crippen LogP contribution in [0.1, 0.15) is 43.2 Å². The molecule has 1 fully saturated rings. The zero-order valence-electron chi connectivity index (χ0n) is 14.6. The zero-order valence-corrected chi connectivity index (χ0v) is 14.6. The first-order valence-electron chi connectivity index (χ1n) is 8.81. The Hall–Kier alpha value is -1.92. The van der Waals surface area contributed by atoms with Crippen LogP contribution in [0.25, 0.3) is 0 Å². The Morgan fingerprint density at radius 2 is 1.31 bits per heavy atom. The van der Waals surface area contributed by atoms with Gasteiger partial charge in [0.1, 0.15) is 0 Å². The van der Waals surface area contributed by atoms with Gasteiger partial charge in [0.15, 0.2) is 23.3 Å². The Balaban J connectivity index is 0.000000209. The highest BCUT2D eigenvalue weighted by Gasteiger charge is 2.12. The molecule has 0 amide bonds. The van der Waals surface area contributed by atoms with E-state index in [0.29, 0.717) is 18.2 Å². The molecule has 0 aliphatic heterocycles. The van der Waals surface area contributed by atoms with Gasteiger partial charge < -0.3 is 11.1 Å². The van der Waals surface area contributed by atoms with Crippen LogP contribution in [0.15, 0.2) is 36.4 Å². The predicted octanol–water partition coefficient (Wildman–Crippen LogP) is 4.81. The highest BCUT2D eigenvalue weighted by Crippen LogP contribution is 2.18. The summed E-state index contributed by atoms with van der Waals surface area (Å²) >= 11 is 0. The van der Waals surface area contributed by atoms with Crippen molar-refractivity contribution in [3.05, 3.63) is 70.8 Å². The van der Waals surface area contributed by atoms with Crippen molar-refractivity contribution in [3.63, 3.8) is 0 Å². The van der Waals surface area contributed by atoms with Crippen LogP contribution in [0.4, 0.5) is 17.6 Å². The van der Waals surface area contributed by atoms with E-state index in [1.165, 1.54) is 50.3 Å². The fraction of sp³-hybridized carbons (Fsp3) is 0.400. The van der Waals surface area contributed by atoms with Crippen molar-refractivity contribution < 1.29 is 17.6 Å². The minimum atomic E-state index is -0.844. The predicted molar refractivity (Wildman–Crippen MR) is 94.3 cm³/mol. The summed E-state index contributed by atoms with van der Waals surface area (Å²) in [5.41, 5.74) is 6.59. The third-order valence-electron chi connectivity index (χ3n) is 4.40. The van der Waals surface area contributed by atoms with Crippen molar-refractivity contribution in [3.8, 4) is 0 Å². The minimum absolute atomic E-state index is 0.233. The number of hydrogen-bond acceptors (Lipinski definition) is 2. The summed E-state index contributed by atoms with van der Waals surface area (Å²) in [7, 11) is 0. The normalized spacial score (nSPS) is 14.7. The Labute approximate surface area is 151 Å². The molecule has 0 heterocycles. The first-order valence-corrected chi connectivity index (χ1v) is 8.81. The van der Waals surface area contributed by atoms with E-state index >= 15 is 0 Å². The van der Waals surface area contributed by atoms with E-state index in [1.54, 1.807) is 6.07 Å². The highest BCUT2D eigenvalue weighted by atomic mass is 19.2. The summed E-state index contributed by atoms with van der Waals surface area (Å²) in [5, 5.41) is 3.40. The molecular formula is C20H24F4N2. The minimum Gasteiger partial charge on any atom is -0.326 e. The molecule has 1 aliphatic carbocycles. The summed E-state index contributed by atoms with van der Waals surface area (Å²) in [4.78, 5) is 0. The van der Waals surface area contributed by atoms with Gasteiger partial charge in [0.2, 0.25) is 0 Å². The number of nitrogens with one attached hydrogen (secondary N) is 1. The molecule has 3 rings (SSSR count). The van der Waals surface area contributed by atoms with E-state index in [0.717, 1.165) is 17.7 Å². The van der Waals surface area contributed by atoms with Gasteiger partial charge in [-0.3, -0.25) is 0 Å². The molecule has 0 unspecified atom stereocenters. The Morgan fingerprint density at radius 3 is 1.85 bits per heavy atom. The molecule has 0 radical (unpaired) electrons. The lowest BCUT2D eigenvalue weighted by atomic mass is 9.95. The molecule has 2 aromatic rings. The Kier molecular flexibility index (Phi) is 8.06. The summed E-state index contributed by atoms with van der Waals surface area (Å²) < 4.78 is 50.2. The summed E-state index contributed by atoms with van der Waals surface area (Å²) in [5.74, 6) is -3.22. The van der Waals surface area contributed by atoms with E-state index in [4.69, 9.17) is 5.73 Å². The summed E-state index contributed by atoms with van der Waals surface area (Å²) in [6, 6.07) is 8.25. The second-order valence-electron chi connectivity index (χ2n) is 6.42. The standard InChI is InChI=1S/C13H17F2N.C7H7F2N/c14-12-7-6-10(8-13(12)15)9-16-11-4-2-1-3-5-11;8-6-2-1-5(4-10)3-7(6)9/h6-8,11,16H,1-5,9H2;1-3H,4,10H2. The SMILES string of the molecule is Fc1ccc(CNC2CCCCC2)cc1F.NCc1ccc(F)c(F)c1. The van der Waals surface area contributed by atoms with Crippen molar-refractivity contribution in [2.24, 2.45) is 5.73 Å². The van der Waals surface area contributed by atoms with E-state index in [-0.39, 0.29) is 6.54 Å². The van der Waals surface area contributed by atoms with Crippen molar-refractivity contribution in [2.75, 3.05) is 0 Å². The molecule has 0 saturated heterocycles. The van der Waals surface area contributed by atoms with Crippen LogP contribution in [0.3, 0.4) is 0 Å². The third kappa shape index (κ3) is 6.42. The Morgan fingerprint density at radius 1 is 0.769 bits per heavy atom. The lowest BCUT2D eigenvalue weighted by Gasteiger charge is -2.22. The number of hydrogen-bond donors (Lipinski definition) is 2. The van der Waals surface area contributed by atoms with Crippen LogP contribution >= 0.6 is 0 Å². The lowest BCUT2D eigenvalue weighted by molar-refractivity contribution is 0.372. The number of rotatable bonds is 4. The van der Waals surface area contributed by atoms with Gasteiger partial charge in [0.25, 0.3) is 0 Å². The molecule has 1 aliphatic rings. The van der Waals surface area contributed by atoms with Crippen molar-refractivity contribution in [1.82, 2.24) is 5.32 Å². The number of halogens is 4.